The van der Waals surface area contributed by atoms with Crippen LogP contribution >= 0.6 is 11.6 Å². The fourth-order valence-corrected chi connectivity index (χ4v) is 7.96. The number of carbonyl (C=O) groups excluding carboxylic acids is 1. The highest BCUT2D eigenvalue weighted by atomic mass is 35.5. The summed E-state index contributed by atoms with van der Waals surface area (Å²) in [7, 11) is -4.01. The van der Waals surface area contributed by atoms with E-state index in [0.717, 1.165) is 6.07 Å². The van der Waals surface area contributed by atoms with Gasteiger partial charge in [0.15, 0.2) is 27.3 Å². The van der Waals surface area contributed by atoms with Crippen LogP contribution < -0.4 is 5.32 Å². The van der Waals surface area contributed by atoms with Crippen molar-refractivity contribution in [3.05, 3.63) is 58.4 Å². The fraction of sp³-hybridized carbons (Fsp3) is 0.409. The van der Waals surface area contributed by atoms with Crippen LogP contribution in [0.2, 0.25) is 5.02 Å². The van der Waals surface area contributed by atoms with E-state index in [9.17, 15) is 36.6 Å². The van der Waals surface area contributed by atoms with Gasteiger partial charge in [0.2, 0.25) is 0 Å². The second kappa shape index (κ2) is 8.57. The highest BCUT2D eigenvalue weighted by molar-refractivity contribution is 7.92. The number of aliphatic hydroxyl groups excluding tert-OH is 1. The molecule has 0 aromatic heterocycles. The minimum atomic E-state index is -4.01. The molecular formula is C22H21ClF3NO5S. The molecule has 178 valence electrons. The van der Waals surface area contributed by atoms with Crippen LogP contribution in [0.1, 0.15) is 36.0 Å². The number of hydrogen-bond donors (Lipinski definition) is 3. The van der Waals surface area contributed by atoms with E-state index in [1.54, 1.807) is 0 Å². The second-order valence-electron chi connectivity index (χ2n) is 8.75. The van der Waals surface area contributed by atoms with Crippen molar-refractivity contribution < 1.29 is 36.6 Å². The second-order valence-corrected chi connectivity index (χ2v) is 11.2. The average molecular weight is 504 g/mol. The molecule has 0 heterocycles. The molecule has 0 radical (unpaired) electrons. The zero-order valence-corrected chi connectivity index (χ0v) is 18.8. The number of sulfone groups is 1. The van der Waals surface area contributed by atoms with Gasteiger partial charge < -0.3 is 15.5 Å². The number of nitrogens with one attached hydrogen (secondary N) is 1. The smallest absolute Gasteiger partial charge is 0.255 e. The Morgan fingerprint density at radius 2 is 1.67 bits per heavy atom. The first-order valence-corrected chi connectivity index (χ1v) is 12.2. The number of hydrogen-bond acceptors (Lipinski definition) is 5. The van der Waals surface area contributed by atoms with Crippen LogP contribution in [-0.4, -0.2) is 42.0 Å². The zero-order valence-electron chi connectivity index (χ0n) is 17.2. The number of benzene rings is 2. The summed E-state index contributed by atoms with van der Waals surface area (Å²) in [5.74, 6) is -6.26. The first-order valence-electron chi connectivity index (χ1n) is 10.3. The summed E-state index contributed by atoms with van der Waals surface area (Å²) >= 11 is 6.18. The van der Waals surface area contributed by atoms with Crippen molar-refractivity contribution in [2.45, 2.75) is 41.4 Å². The standard InChI is InChI=1S/C22H21ClF3NO5S/c23-15-4-3-11(21(29)27-14-6-16(24)19(26)17(25)7-14)5-18(15)33(31,32)20-12-1-2-13(20)9-22(30,8-12)10-28/h3-7,12-13,20,28,30H,1-2,8-10H2,(H,27,29)/t12-,13?,20?,22-/m0/s1. The maximum atomic E-state index is 13.5. The van der Waals surface area contributed by atoms with Gasteiger partial charge in [0.25, 0.3) is 5.91 Å². The minimum absolute atomic E-state index is 0.0900. The van der Waals surface area contributed by atoms with E-state index in [-0.39, 0.29) is 45.8 Å². The number of halogens is 4. The maximum absolute atomic E-state index is 13.5. The van der Waals surface area contributed by atoms with E-state index < -0.39 is 50.7 Å². The van der Waals surface area contributed by atoms with E-state index >= 15 is 0 Å². The number of rotatable bonds is 5. The monoisotopic (exact) mass is 503 g/mol. The Balaban J connectivity index is 1.63. The van der Waals surface area contributed by atoms with Gasteiger partial charge in [-0.25, -0.2) is 21.6 Å². The molecule has 2 aromatic rings. The number of anilines is 1. The van der Waals surface area contributed by atoms with Gasteiger partial charge in [0.05, 0.1) is 27.4 Å². The molecule has 2 saturated carbocycles. The molecule has 0 spiro atoms. The third-order valence-corrected chi connectivity index (χ3v) is 9.39. The lowest BCUT2D eigenvalue weighted by Crippen LogP contribution is -2.48. The topological polar surface area (TPSA) is 104 Å². The van der Waals surface area contributed by atoms with Crippen molar-refractivity contribution in [3.63, 3.8) is 0 Å². The molecule has 0 aliphatic heterocycles. The lowest BCUT2D eigenvalue weighted by Gasteiger charge is -2.39. The summed E-state index contributed by atoms with van der Waals surface area (Å²) in [6.07, 6.45) is 1.44. The van der Waals surface area contributed by atoms with Crippen LogP contribution in [0.3, 0.4) is 0 Å². The molecule has 1 amide bonds. The zero-order chi connectivity index (χ0) is 24.1. The molecule has 2 aliphatic carbocycles. The Morgan fingerprint density at radius 1 is 1.09 bits per heavy atom. The predicted molar refractivity (Wildman–Crippen MR) is 114 cm³/mol. The lowest BCUT2D eigenvalue weighted by molar-refractivity contribution is -0.0597. The van der Waals surface area contributed by atoms with Crippen LogP contribution in [0.25, 0.3) is 0 Å². The van der Waals surface area contributed by atoms with E-state index in [4.69, 9.17) is 11.6 Å². The van der Waals surface area contributed by atoms with Gasteiger partial charge in [0, 0.05) is 23.4 Å². The summed E-state index contributed by atoms with van der Waals surface area (Å²) in [4.78, 5) is 12.3. The quantitative estimate of drug-likeness (QED) is 0.540. The van der Waals surface area contributed by atoms with Crippen LogP contribution in [0.15, 0.2) is 35.2 Å². The van der Waals surface area contributed by atoms with Gasteiger partial charge in [-0.2, -0.15) is 0 Å². The first kappa shape index (κ1) is 24.0. The summed E-state index contributed by atoms with van der Waals surface area (Å²) in [5, 5.41) is 21.3. The van der Waals surface area contributed by atoms with Crippen LogP contribution in [-0.2, 0) is 9.84 Å². The molecule has 3 N–H and O–H groups in total. The van der Waals surface area contributed by atoms with Gasteiger partial charge in [-0.05, 0) is 55.7 Å². The van der Waals surface area contributed by atoms with Crippen molar-refractivity contribution >= 4 is 33.0 Å². The number of aliphatic hydroxyl groups is 2. The first-order chi connectivity index (χ1) is 15.4. The number of fused-ring (bicyclic) bond motifs is 2. The third kappa shape index (κ3) is 4.37. The SMILES string of the molecule is O=C(Nc1cc(F)c(F)c(F)c1)c1ccc(Cl)c(S(=O)(=O)C2C3CC[C@H]2C[C@@](O)(CO)C3)c1. The van der Waals surface area contributed by atoms with Gasteiger partial charge in [-0.15, -0.1) is 0 Å². The third-order valence-electron chi connectivity index (χ3n) is 6.52. The summed E-state index contributed by atoms with van der Waals surface area (Å²) in [5.41, 5.74) is -1.79. The lowest BCUT2D eigenvalue weighted by atomic mass is 9.77. The van der Waals surface area contributed by atoms with Gasteiger partial charge >= 0.3 is 0 Å². The van der Waals surface area contributed by atoms with Gasteiger partial charge in [0.1, 0.15) is 0 Å². The Hall–Kier alpha value is -2.14. The van der Waals surface area contributed by atoms with Crippen LogP contribution in [0.5, 0.6) is 0 Å². The predicted octanol–water partition coefficient (Wildman–Crippen LogP) is 3.70. The van der Waals surface area contributed by atoms with Crippen molar-refractivity contribution in [3.8, 4) is 0 Å². The Kier molecular flexibility index (Phi) is 6.24. The van der Waals surface area contributed by atoms with E-state index in [2.05, 4.69) is 5.32 Å². The van der Waals surface area contributed by atoms with Crippen molar-refractivity contribution in [1.29, 1.82) is 0 Å². The molecule has 2 unspecified atom stereocenters. The number of amides is 1. The highest BCUT2D eigenvalue weighted by Crippen LogP contribution is 2.51. The van der Waals surface area contributed by atoms with E-state index in [1.807, 2.05) is 0 Å². The van der Waals surface area contributed by atoms with Crippen LogP contribution in [0.4, 0.5) is 18.9 Å². The van der Waals surface area contributed by atoms with Crippen LogP contribution in [0, 0.1) is 29.3 Å². The molecule has 33 heavy (non-hydrogen) atoms. The summed E-state index contributed by atoms with van der Waals surface area (Å²) in [6.45, 7) is -0.451. The number of carbonyl (C=O) groups is 1. The fourth-order valence-electron chi connectivity index (χ4n) is 5.11. The Bertz CT molecular complexity index is 1190. The molecule has 6 nitrogen and oxygen atoms in total. The molecule has 4 atom stereocenters. The molecular weight excluding hydrogens is 483 g/mol. The maximum Gasteiger partial charge on any atom is 0.255 e. The van der Waals surface area contributed by atoms with Crippen molar-refractivity contribution in [2.24, 2.45) is 11.8 Å². The molecule has 11 heteroatoms. The summed E-state index contributed by atoms with van der Waals surface area (Å²) in [6, 6.07) is 4.80. The van der Waals surface area contributed by atoms with Gasteiger partial charge in [-0.3, -0.25) is 4.79 Å². The van der Waals surface area contributed by atoms with Crippen molar-refractivity contribution in [1.82, 2.24) is 0 Å². The molecule has 2 bridgehead atoms. The Labute approximate surface area is 193 Å². The largest absolute Gasteiger partial charge is 0.393 e. The van der Waals surface area contributed by atoms with E-state index in [1.165, 1.54) is 12.1 Å². The summed E-state index contributed by atoms with van der Waals surface area (Å²) < 4.78 is 67.1. The Morgan fingerprint density at radius 3 is 2.21 bits per heavy atom. The van der Waals surface area contributed by atoms with E-state index in [0.29, 0.717) is 25.0 Å². The molecule has 4 rings (SSSR count). The normalized spacial score (nSPS) is 26.9. The molecule has 2 aliphatic rings. The minimum Gasteiger partial charge on any atom is -0.393 e. The molecule has 0 saturated heterocycles. The molecule has 2 fully saturated rings. The average Bonchev–Trinajstić information content (AvgIpc) is 3.05. The van der Waals surface area contributed by atoms with Crippen molar-refractivity contribution in [2.75, 3.05) is 11.9 Å². The van der Waals surface area contributed by atoms with Gasteiger partial charge in [-0.1, -0.05) is 11.6 Å². The molecule has 2 aromatic carbocycles. The highest BCUT2D eigenvalue weighted by Gasteiger charge is 2.54.